The van der Waals surface area contributed by atoms with Crippen LogP contribution in [0.5, 0.6) is 0 Å². The normalized spacial score (nSPS) is 10.8. The van der Waals surface area contributed by atoms with Gasteiger partial charge < -0.3 is 4.74 Å². The molecule has 0 radical (unpaired) electrons. The van der Waals surface area contributed by atoms with Crippen molar-refractivity contribution in [1.29, 1.82) is 0 Å². The number of rotatable bonds is 6. The summed E-state index contributed by atoms with van der Waals surface area (Å²) in [5.74, 6) is 6.47. The number of hydrogen-bond donors (Lipinski definition) is 0. The summed E-state index contributed by atoms with van der Waals surface area (Å²) in [4.78, 5) is 0. The monoisotopic (exact) mass is 388 g/mol. The Balaban J connectivity index is 1.69. The van der Waals surface area contributed by atoms with E-state index in [-0.39, 0.29) is 0 Å². The van der Waals surface area contributed by atoms with E-state index in [1.807, 2.05) is 48.5 Å². The van der Waals surface area contributed by atoms with Crippen LogP contribution in [-0.4, -0.2) is 6.61 Å². The van der Waals surface area contributed by atoms with Crippen molar-refractivity contribution >= 4 is 0 Å². The molecule has 0 saturated carbocycles. The minimum Gasteiger partial charge on any atom is -0.360 e. The predicted octanol–water partition coefficient (Wildman–Crippen LogP) is 6.44. The first-order chi connectivity index (χ1) is 14.9. The van der Waals surface area contributed by atoms with Crippen molar-refractivity contribution in [2.24, 2.45) is 0 Å². The Morgan fingerprint density at radius 3 is 1.37 bits per heavy atom. The maximum absolute atomic E-state index is 6.72. The molecule has 1 nitrogen and oxygen atoms in total. The van der Waals surface area contributed by atoms with E-state index >= 15 is 0 Å². The van der Waals surface area contributed by atoms with Crippen molar-refractivity contribution in [1.82, 2.24) is 0 Å². The summed E-state index contributed by atoms with van der Waals surface area (Å²) in [7, 11) is 0. The fraction of sp³-hybridized carbons (Fsp3) is 0.103. The van der Waals surface area contributed by atoms with Crippen LogP contribution in [0.2, 0.25) is 0 Å². The highest BCUT2D eigenvalue weighted by molar-refractivity contribution is 5.47. The second-order valence-electron chi connectivity index (χ2n) is 7.05. The Bertz CT molecular complexity index is 995. The highest BCUT2D eigenvalue weighted by Gasteiger charge is 2.37. The molecule has 0 aliphatic carbocycles. The van der Waals surface area contributed by atoms with Crippen LogP contribution in [0.1, 0.15) is 28.7 Å². The van der Waals surface area contributed by atoms with Crippen LogP contribution >= 0.6 is 0 Å². The van der Waals surface area contributed by atoms with Gasteiger partial charge in [0.15, 0.2) is 0 Å². The minimum absolute atomic E-state index is 0.526. The second-order valence-corrected chi connectivity index (χ2v) is 7.05. The molecule has 0 saturated heterocycles. The smallest absolute Gasteiger partial charge is 0.143 e. The van der Waals surface area contributed by atoms with Gasteiger partial charge >= 0.3 is 0 Å². The van der Waals surface area contributed by atoms with Crippen molar-refractivity contribution in [3.05, 3.63) is 144 Å². The molecule has 0 bridgehead atoms. The van der Waals surface area contributed by atoms with E-state index in [2.05, 4.69) is 84.6 Å². The maximum atomic E-state index is 6.72. The Hall–Kier alpha value is -3.60. The van der Waals surface area contributed by atoms with Gasteiger partial charge in [-0.05, 0) is 28.8 Å². The lowest BCUT2D eigenvalue weighted by Crippen LogP contribution is -2.33. The van der Waals surface area contributed by atoms with E-state index in [1.165, 1.54) is 0 Å². The standard InChI is InChI=1S/C29H24O/c1-5-15-25(16-6-1)17-13-14-24-30-29(26-18-7-2-8-19-26,27-20-9-3-10-21-27)28-22-11-4-12-23-28/h1-12,15-16,18-23H,14,24H2. The van der Waals surface area contributed by atoms with Crippen molar-refractivity contribution < 1.29 is 4.74 Å². The zero-order valence-electron chi connectivity index (χ0n) is 16.9. The van der Waals surface area contributed by atoms with E-state index in [9.17, 15) is 0 Å². The average Bonchev–Trinajstić information content (AvgIpc) is 2.84. The fourth-order valence-electron chi connectivity index (χ4n) is 3.71. The van der Waals surface area contributed by atoms with E-state index in [0.717, 1.165) is 22.3 Å². The SMILES string of the molecule is C(#Cc1ccccc1)CCOC(c1ccccc1)(c1ccccc1)c1ccccc1. The lowest BCUT2D eigenvalue weighted by Gasteiger charge is -2.35. The molecule has 0 amide bonds. The molecule has 0 spiro atoms. The molecule has 4 aromatic carbocycles. The van der Waals surface area contributed by atoms with Gasteiger partial charge in [-0.3, -0.25) is 0 Å². The largest absolute Gasteiger partial charge is 0.360 e. The topological polar surface area (TPSA) is 9.23 Å². The summed E-state index contributed by atoms with van der Waals surface area (Å²) in [5, 5.41) is 0. The van der Waals surface area contributed by atoms with Gasteiger partial charge in [-0.25, -0.2) is 0 Å². The average molecular weight is 389 g/mol. The van der Waals surface area contributed by atoms with Crippen molar-refractivity contribution in [2.75, 3.05) is 6.61 Å². The third kappa shape index (κ3) is 4.35. The third-order valence-corrected chi connectivity index (χ3v) is 5.09. The molecule has 0 fully saturated rings. The lowest BCUT2D eigenvalue weighted by atomic mass is 9.80. The first-order valence-corrected chi connectivity index (χ1v) is 10.2. The van der Waals surface area contributed by atoms with Crippen LogP contribution in [0.15, 0.2) is 121 Å². The van der Waals surface area contributed by atoms with Crippen molar-refractivity contribution in [2.45, 2.75) is 12.0 Å². The zero-order valence-corrected chi connectivity index (χ0v) is 16.9. The molecular formula is C29H24O. The summed E-state index contributed by atoms with van der Waals surface area (Å²) < 4.78 is 6.72. The first kappa shape index (κ1) is 19.7. The molecule has 0 heterocycles. The molecule has 30 heavy (non-hydrogen) atoms. The fourth-order valence-corrected chi connectivity index (χ4v) is 3.71. The molecular weight excluding hydrogens is 364 g/mol. The van der Waals surface area contributed by atoms with Crippen LogP contribution in [0.4, 0.5) is 0 Å². The van der Waals surface area contributed by atoms with Gasteiger partial charge in [0.2, 0.25) is 0 Å². The van der Waals surface area contributed by atoms with Gasteiger partial charge in [-0.1, -0.05) is 121 Å². The number of hydrogen-bond acceptors (Lipinski definition) is 1. The molecule has 4 rings (SSSR count). The number of benzene rings is 4. The van der Waals surface area contributed by atoms with Gasteiger partial charge in [0.05, 0.1) is 6.61 Å². The summed E-state index contributed by atoms with van der Waals surface area (Å²) in [6.45, 7) is 0.526. The zero-order chi connectivity index (χ0) is 20.5. The highest BCUT2D eigenvalue weighted by atomic mass is 16.5. The van der Waals surface area contributed by atoms with Crippen LogP contribution in [0.3, 0.4) is 0 Å². The van der Waals surface area contributed by atoms with Gasteiger partial charge in [0.25, 0.3) is 0 Å². The second kappa shape index (κ2) is 9.74. The van der Waals surface area contributed by atoms with E-state index in [0.29, 0.717) is 13.0 Å². The maximum Gasteiger partial charge on any atom is 0.143 e. The van der Waals surface area contributed by atoms with Crippen LogP contribution < -0.4 is 0 Å². The first-order valence-electron chi connectivity index (χ1n) is 10.2. The predicted molar refractivity (Wildman–Crippen MR) is 123 cm³/mol. The van der Waals surface area contributed by atoms with E-state index < -0.39 is 5.60 Å². The number of ether oxygens (including phenoxy) is 1. The van der Waals surface area contributed by atoms with Gasteiger partial charge in [-0.15, -0.1) is 0 Å². The van der Waals surface area contributed by atoms with Crippen molar-refractivity contribution in [3.63, 3.8) is 0 Å². The summed E-state index contributed by atoms with van der Waals surface area (Å²) in [5.41, 5.74) is 3.67. The van der Waals surface area contributed by atoms with Crippen LogP contribution in [0, 0.1) is 11.8 Å². The lowest BCUT2D eigenvalue weighted by molar-refractivity contribution is 0.0165. The third-order valence-electron chi connectivity index (χ3n) is 5.09. The summed E-state index contributed by atoms with van der Waals surface area (Å²) in [6, 6.07) is 41.4. The van der Waals surface area contributed by atoms with Gasteiger partial charge in [0.1, 0.15) is 5.60 Å². The molecule has 146 valence electrons. The quantitative estimate of drug-likeness (QED) is 0.210. The minimum atomic E-state index is -0.682. The molecule has 0 atom stereocenters. The Labute approximate surface area is 179 Å². The molecule has 0 aromatic heterocycles. The molecule has 0 unspecified atom stereocenters. The molecule has 1 heteroatoms. The Kier molecular flexibility index (Phi) is 6.40. The van der Waals surface area contributed by atoms with Gasteiger partial charge in [-0.2, -0.15) is 0 Å². The Morgan fingerprint density at radius 1 is 0.533 bits per heavy atom. The summed E-state index contributed by atoms with van der Waals surface area (Å²) >= 11 is 0. The van der Waals surface area contributed by atoms with Crippen molar-refractivity contribution in [3.8, 4) is 11.8 Å². The van der Waals surface area contributed by atoms with Gasteiger partial charge in [0, 0.05) is 12.0 Å². The Morgan fingerprint density at radius 2 is 0.933 bits per heavy atom. The molecule has 0 aliphatic heterocycles. The molecule has 4 aromatic rings. The molecule has 0 aliphatic rings. The van der Waals surface area contributed by atoms with Crippen LogP contribution in [-0.2, 0) is 10.3 Å². The van der Waals surface area contributed by atoms with Crippen LogP contribution in [0.25, 0.3) is 0 Å². The molecule has 0 N–H and O–H groups in total. The van der Waals surface area contributed by atoms with E-state index in [4.69, 9.17) is 4.74 Å². The summed E-state index contributed by atoms with van der Waals surface area (Å²) in [6.07, 6.45) is 0.656. The highest BCUT2D eigenvalue weighted by Crippen LogP contribution is 2.40. The van der Waals surface area contributed by atoms with E-state index in [1.54, 1.807) is 0 Å².